The average Bonchev–Trinajstić information content (AvgIpc) is 2.99. The van der Waals surface area contributed by atoms with Crippen molar-refractivity contribution in [1.29, 1.82) is 0 Å². The summed E-state index contributed by atoms with van der Waals surface area (Å²) in [5.41, 5.74) is 2.41. The van der Waals surface area contributed by atoms with Gasteiger partial charge in [0.2, 0.25) is 5.91 Å². The SMILES string of the molecule is O=C(C1CCCS1)N1CCC(=NO)c2ccccc21. The van der Waals surface area contributed by atoms with Gasteiger partial charge in [-0.15, -0.1) is 11.8 Å². The predicted molar refractivity (Wildman–Crippen MR) is 77.2 cm³/mol. The molecule has 2 aliphatic heterocycles. The Hall–Kier alpha value is -1.49. The molecule has 0 radical (unpaired) electrons. The minimum atomic E-state index is 0.0978. The number of fused-ring (bicyclic) bond motifs is 1. The van der Waals surface area contributed by atoms with Crippen molar-refractivity contribution in [2.45, 2.75) is 24.5 Å². The van der Waals surface area contributed by atoms with Crippen LogP contribution in [0.1, 0.15) is 24.8 Å². The summed E-state index contributed by atoms with van der Waals surface area (Å²) in [4.78, 5) is 14.4. The highest BCUT2D eigenvalue weighted by atomic mass is 32.2. The Morgan fingerprint density at radius 3 is 3.00 bits per heavy atom. The van der Waals surface area contributed by atoms with E-state index in [0.717, 1.165) is 29.8 Å². The van der Waals surface area contributed by atoms with Crippen LogP contribution in [0.25, 0.3) is 0 Å². The van der Waals surface area contributed by atoms with Crippen molar-refractivity contribution in [3.8, 4) is 0 Å². The van der Waals surface area contributed by atoms with Crippen molar-refractivity contribution in [3.63, 3.8) is 0 Å². The number of para-hydroxylation sites is 1. The Morgan fingerprint density at radius 2 is 2.26 bits per heavy atom. The lowest BCUT2D eigenvalue weighted by molar-refractivity contribution is -0.118. The van der Waals surface area contributed by atoms with E-state index in [4.69, 9.17) is 5.21 Å². The number of rotatable bonds is 1. The van der Waals surface area contributed by atoms with Crippen LogP contribution in [0.4, 0.5) is 5.69 Å². The molecule has 19 heavy (non-hydrogen) atoms. The molecule has 0 spiro atoms. The maximum Gasteiger partial charge on any atom is 0.240 e. The molecule has 3 rings (SSSR count). The molecule has 0 saturated carbocycles. The zero-order valence-electron chi connectivity index (χ0n) is 10.6. The van der Waals surface area contributed by atoms with Crippen molar-refractivity contribution in [2.24, 2.45) is 5.16 Å². The largest absolute Gasteiger partial charge is 0.411 e. The van der Waals surface area contributed by atoms with Gasteiger partial charge in [0.05, 0.1) is 16.6 Å². The van der Waals surface area contributed by atoms with Gasteiger partial charge in [-0.25, -0.2) is 0 Å². The highest BCUT2D eigenvalue weighted by molar-refractivity contribution is 8.00. The second-order valence-electron chi connectivity index (χ2n) is 4.81. The number of oxime groups is 1. The number of benzene rings is 1. The van der Waals surface area contributed by atoms with Gasteiger partial charge in [0.1, 0.15) is 0 Å². The third-order valence-corrected chi connectivity index (χ3v) is 5.03. The lowest BCUT2D eigenvalue weighted by Crippen LogP contribution is -2.41. The molecule has 5 heteroatoms. The summed E-state index contributed by atoms with van der Waals surface area (Å²) >= 11 is 1.75. The molecule has 1 aromatic carbocycles. The van der Waals surface area contributed by atoms with Crippen LogP contribution in [0.2, 0.25) is 0 Å². The van der Waals surface area contributed by atoms with Crippen LogP contribution in [0.5, 0.6) is 0 Å². The van der Waals surface area contributed by atoms with E-state index in [0.29, 0.717) is 18.7 Å². The highest BCUT2D eigenvalue weighted by Gasteiger charge is 2.32. The van der Waals surface area contributed by atoms with Crippen LogP contribution < -0.4 is 4.90 Å². The topological polar surface area (TPSA) is 52.9 Å². The molecule has 100 valence electrons. The lowest BCUT2D eigenvalue weighted by Gasteiger charge is -2.31. The second kappa shape index (κ2) is 5.25. The minimum absolute atomic E-state index is 0.0978. The summed E-state index contributed by atoms with van der Waals surface area (Å²) < 4.78 is 0. The number of hydrogen-bond donors (Lipinski definition) is 1. The van der Waals surface area contributed by atoms with E-state index in [1.54, 1.807) is 11.8 Å². The van der Waals surface area contributed by atoms with E-state index >= 15 is 0 Å². The summed E-state index contributed by atoms with van der Waals surface area (Å²) in [5, 5.41) is 12.5. The van der Waals surface area contributed by atoms with Gasteiger partial charge in [0, 0.05) is 18.5 Å². The van der Waals surface area contributed by atoms with E-state index in [1.807, 2.05) is 29.2 Å². The van der Waals surface area contributed by atoms with Gasteiger partial charge in [-0.2, -0.15) is 0 Å². The van der Waals surface area contributed by atoms with Crippen LogP contribution >= 0.6 is 11.8 Å². The fourth-order valence-corrected chi connectivity index (χ4v) is 3.93. The average molecular weight is 276 g/mol. The van der Waals surface area contributed by atoms with Crippen LogP contribution in [-0.2, 0) is 4.79 Å². The summed E-state index contributed by atoms with van der Waals surface area (Å²) in [7, 11) is 0. The van der Waals surface area contributed by atoms with Crippen molar-refractivity contribution < 1.29 is 10.0 Å². The molecule has 0 bridgehead atoms. The quantitative estimate of drug-likeness (QED) is 0.633. The molecule has 1 unspecified atom stereocenters. The van der Waals surface area contributed by atoms with Gasteiger partial charge in [0.25, 0.3) is 0 Å². The zero-order valence-corrected chi connectivity index (χ0v) is 11.4. The smallest absolute Gasteiger partial charge is 0.240 e. The fourth-order valence-electron chi connectivity index (χ4n) is 2.70. The monoisotopic (exact) mass is 276 g/mol. The van der Waals surface area contributed by atoms with E-state index in [1.165, 1.54) is 0 Å². The summed E-state index contributed by atoms with van der Waals surface area (Å²) in [5.74, 6) is 1.28. The van der Waals surface area contributed by atoms with Gasteiger partial charge >= 0.3 is 0 Å². The molecule has 0 aromatic heterocycles. The van der Waals surface area contributed by atoms with Crippen LogP contribution in [0, 0.1) is 0 Å². The Bertz CT molecular complexity index is 524. The standard InChI is InChI=1S/C14H16N2O2S/c17-14(13-6-3-9-19-13)16-8-7-11(15-18)10-4-1-2-5-12(10)16/h1-2,4-5,13,18H,3,6-9H2. The van der Waals surface area contributed by atoms with Crippen LogP contribution in [0.3, 0.4) is 0 Å². The predicted octanol–water partition coefficient (Wildman–Crippen LogP) is 2.50. The van der Waals surface area contributed by atoms with E-state index in [-0.39, 0.29) is 11.2 Å². The van der Waals surface area contributed by atoms with Gasteiger partial charge in [-0.05, 0) is 24.7 Å². The number of anilines is 1. The first-order valence-electron chi connectivity index (χ1n) is 6.54. The van der Waals surface area contributed by atoms with E-state index < -0.39 is 0 Å². The summed E-state index contributed by atoms with van der Waals surface area (Å²) in [6.07, 6.45) is 2.71. The number of nitrogens with zero attached hydrogens (tertiary/aromatic N) is 2. The van der Waals surface area contributed by atoms with Gasteiger partial charge in [-0.1, -0.05) is 23.4 Å². The third kappa shape index (κ3) is 2.23. The maximum absolute atomic E-state index is 12.6. The number of carbonyl (C=O) groups excluding carboxylic acids is 1. The minimum Gasteiger partial charge on any atom is -0.411 e. The molecule has 0 aliphatic carbocycles. The molecule has 1 aromatic rings. The highest BCUT2D eigenvalue weighted by Crippen LogP contribution is 2.33. The van der Waals surface area contributed by atoms with Crippen molar-refractivity contribution in [1.82, 2.24) is 0 Å². The van der Waals surface area contributed by atoms with E-state index in [9.17, 15) is 4.79 Å². The Balaban J connectivity index is 1.93. The molecule has 2 heterocycles. The number of hydrogen-bond acceptors (Lipinski definition) is 4. The third-order valence-electron chi connectivity index (χ3n) is 3.67. The lowest BCUT2D eigenvalue weighted by atomic mass is 9.99. The zero-order chi connectivity index (χ0) is 13.2. The first kappa shape index (κ1) is 12.5. The van der Waals surface area contributed by atoms with Crippen LogP contribution in [-0.4, -0.2) is 34.4 Å². The molecule has 1 atom stereocenters. The van der Waals surface area contributed by atoms with Crippen LogP contribution in [0.15, 0.2) is 29.4 Å². The molecule has 2 aliphatic rings. The molecule has 4 nitrogen and oxygen atoms in total. The second-order valence-corrected chi connectivity index (χ2v) is 6.12. The number of amides is 1. The van der Waals surface area contributed by atoms with Crippen molar-refractivity contribution in [3.05, 3.63) is 29.8 Å². The first-order chi connectivity index (χ1) is 9.31. The van der Waals surface area contributed by atoms with Gasteiger partial charge in [0.15, 0.2) is 0 Å². The summed E-state index contributed by atoms with van der Waals surface area (Å²) in [6, 6.07) is 7.66. The summed E-state index contributed by atoms with van der Waals surface area (Å²) in [6.45, 7) is 0.603. The molecular formula is C14H16N2O2S. The maximum atomic E-state index is 12.6. The number of thioether (sulfide) groups is 1. The van der Waals surface area contributed by atoms with Crippen molar-refractivity contribution in [2.75, 3.05) is 17.2 Å². The number of carbonyl (C=O) groups is 1. The fraction of sp³-hybridized carbons (Fsp3) is 0.429. The molecule has 1 fully saturated rings. The van der Waals surface area contributed by atoms with Gasteiger partial charge in [-0.3, -0.25) is 4.79 Å². The van der Waals surface area contributed by atoms with E-state index in [2.05, 4.69) is 5.16 Å². The first-order valence-corrected chi connectivity index (χ1v) is 7.59. The normalized spacial score (nSPS) is 24.5. The molecule has 1 N–H and O–H groups in total. The molecular weight excluding hydrogens is 260 g/mol. The molecule has 1 saturated heterocycles. The Morgan fingerprint density at radius 1 is 1.42 bits per heavy atom. The van der Waals surface area contributed by atoms with Crippen molar-refractivity contribution >= 4 is 29.1 Å². The Kier molecular flexibility index (Phi) is 3.46. The van der Waals surface area contributed by atoms with Gasteiger partial charge < -0.3 is 10.1 Å². The molecule has 1 amide bonds. The Labute approximate surface area is 116 Å².